The van der Waals surface area contributed by atoms with Crippen molar-refractivity contribution in [3.05, 3.63) is 41.2 Å². The lowest BCUT2D eigenvalue weighted by Gasteiger charge is -2.39. The number of fused-ring (bicyclic) bond motifs is 1. The molecule has 0 amide bonds. The third-order valence-electron chi connectivity index (χ3n) is 3.96. The Labute approximate surface area is 153 Å². The molecule has 5 nitrogen and oxygen atoms in total. The molecule has 7 heteroatoms. The van der Waals surface area contributed by atoms with Crippen LogP contribution in [0.3, 0.4) is 0 Å². The first-order chi connectivity index (χ1) is 12.0. The van der Waals surface area contributed by atoms with Crippen LogP contribution in [0, 0.1) is 5.82 Å². The van der Waals surface area contributed by atoms with Gasteiger partial charge in [0.25, 0.3) is 0 Å². The molecule has 2 aliphatic heterocycles. The molecule has 1 aromatic carbocycles. The first-order valence-corrected chi connectivity index (χ1v) is 8.80. The van der Waals surface area contributed by atoms with Gasteiger partial charge in [0.1, 0.15) is 5.82 Å². The normalized spacial score (nSPS) is 19.9. The minimum atomic E-state index is -0.411. The van der Waals surface area contributed by atoms with Crippen molar-refractivity contribution in [1.29, 1.82) is 0 Å². The van der Waals surface area contributed by atoms with Gasteiger partial charge in [-0.25, -0.2) is 14.4 Å². The monoisotopic (exact) mass is 365 g/mol. The molecule has 1 saturated heterocycles. The van der Waals surface area contributed by atoms with Crippen molar-refractivity contribution in [3.63, 3.8) is 0 Å². The number of nitrogens with one attached hydrogen (secondary N) is 1. The van der Waals surface area contributed by atoms with Crippen molar-refractivity contribution in [1.82, 2.24) is 15.2 Å². The van der Waals surface area contributed by atoms with E-state index in [4.69, 9.17) is 11.6 Å². The minimum Gasteiger partial charge on any atom is -0.338 e. The highest BCUT2D eigenvalue weighted by Gasteiger charge is 2.33. The number of hydrazone groups is 1. The molecule has 3 rings (SSSR count). The summed E-state index contributed by atoms with van der Waals surface area (Å²) in [6.45, 7) is 12.5. The van der Waals surface area contributed by atoms with E-state index in [0.29, 0.717) is 11.3 Å². The molecular weight excluding hydrogens is 341 g/mol. The smallest absolute Gasteiger partial charge is 0.223 e. The number of nitrogens with zero attached hydrogens (tertiary/aromatic N) is 4. The molecule has 2 aliphatic rings. The van der Waals surface area contributed by atoms with E-state index in [1.54, 1.807) is 29.4 Å². The van der Waals surface area contributed by atoms with Crippen LogP contribution in [0.1, 0.15) is 32.4 Å². The van der Waals surface area contributed by atoms with Crippen LogP contribution in [0.25, 0.3) is 0 Å². The Morgan fingerprint density at radius 1 is 1.36 bits per heavy atom. The van der Waals surface area contributed by atoms with E-state index in [1.165, 1.54) is 0 Å². The van der Waals surface area contributed by atoms with Crippen LogP contribution in [0.2, 0.25) is 5.02 Å². The van der Waals surface area contributed by atoms with E-state index in [2.05, 4.69) is 26.9 Å². The fourth-order valence-corrected chi connectivity index (χ4v) is 3.03. The highest BCUT2D eigenvalue weighted by molar-refractivity contribution is 6.30. The summed E-state index contributed by atoms with van der Waals surface area (Å²) in [5, 5.41) is 9.60. The Morgan fingerprint density at radius 2 is 2.00 bits per heavy atom. The molecule has 25 heavy (non-hydrogen) atoms. The molecule has 1 N–H and O–H groups in total. The number of allylic oxidation sites excluding steroid dienone is 1. The molecule has 1 atom stereocenters. The molecule has 0 radical (unpaired) electrons. The predicted octanol–water partition coefficient (Wildman–Crippen LogP) is 3.95. The van der Waals surface area contributed by atoms with Gasteiger partial charge in [-0.1, -0.05) is 17.7 Å². The summed E-state index contributed by atoms with van der Waals surface area (Å²) in [4.78, 5) is 6.83. The first kappa shape index (κ1) is 19.4. The zero-order valence-corrected chi connectivity index (χ0v) is 15.7. The van der Waals surface area contributed by atoms with Gasteiger partial charge in [-0.05, 0) is 32.9 Å². The standard InChI is InChI=1S/C15H19ClFN5.C3H6/c1-3-19-22-10(2)13-12(5-4-11(16)14(13)17)20-15(22)21-8-6-18-7-9-21;1-3-2/h3-5,10,18H,6-9H2,1-2H3;3H,1H2,2H3/b19-3-;. The minimum absolute atomic E-state index is 0.117. The van der Waals surface area contributed by atoms with E-state index in [1.807, 2.05) is 20.8 Å². The number of guanidine groups is 1. The second kappa shape index (κ2) is 8.97. The molecule has 1 fully saturated rings. The summed E-state index contributed by atoms with van der Waals surface area (Å²) in [5.74, 6) is 0.354. The summed E-state index contributed by atoms with van der Waals surface area (Å²) in [5.41, 5.74) is 1.13. The van der Waals surface area contributed by atoms with Crippen LogP contribution in [-0.4, -0.2) is 48.3 Å². The summed E-state index contributed by atoms with van der Waals surface area (Å²) in [6, 6.07) is 3.07. The molecule has 0 spiro atoms. The molecule has 2 heterocycles. The van der Waals surface area contributed by atoms with Crippen molar-refractivity contribution in [2.75, 3.05) is 26.2 Å². The topological polar surface area (TPSA) is 43.2 Å². The number of benzene rings is 1. The van der Waals surface area contributed by atoms with Crippen LogP contribution in [-0.2, 0) is 0 Å². The SMILES string of the molecule is C/C=N\N1C(N2CCNCC2)=Nc2ccc(Cl)c(F)c2C1C.C=CC. The maximum absolute atomic E-state index is 14.4. The maximum atomic E-state index is 14.4. The van der Waals surface area contributed by atoms with Gasteiger partial charge in [0.05, 0.1) is 16.8 Å². The van der Waals surface area contributed by atoms with Gasteiger partial charge < -0.3 is 10.2 Å². The Bertz CT molecular complexity index is 668. The van der Waals surface area contributed by atoms with Crippen molar-refractivity contribution in [2.24, 2.45) is 10.1 Å². The number of halogens is 2. The van der Waals surface area contributed by atoms with Crippen molar-refractivity contribution >= 4 is 29.5 Å². The summed E-state index contributed by atoms with van der Waals surface area (Å²) in [6.07, 6.45) is 3.45. The number of rotatable bonds is 1. The average Bonchev–Trinajstić information content (AvgIpc) is 2.61. The average molecular weight is 366 g/mol. The summed E-state index contributed by atoms with van der Waals surface area (Å²) < 4.78 is 14.4. The fraction of sp³-hybridized carbons (Fsp3) is 0.444. The van der Waals surface area contributed by atoms with E-state index >= 15 is 0 Å². The summed E-state index contributed by atoms with van der Waals surface area (Å²) >= 11 is 5.92. The predicted molar refractivity (Wildman–Crippen MR) is 103 cm³/mol. The van der Waals surface area contributed by atoms with Gasteiger partial charge in [-0.15, -0.1) is 6.58 Å². The Hall–Kier alpha value is -1.92. The van der Waals surface area contributed by atoms with Crippen LogP contribution in [0.15, 0.2) is 34.9 Å². The van der Waals surface area contributed by atoms with Gasteiger partial charge >= 0.3 is 0 Å². The number of piperazine rings is 1. The largest absolute Gasteiger partial charge is 0.338 e. The zero-order chi connectivity index (χ0) is 18.4. The van der Waals surface area contributed by atoms with Crippen LogP contribution in [0.5, 0.6) is 0 Å². The maximum Gasteiger partial charge on any atom is 0.223 e. The quantitative estimate of drug-likeness (QED) is 0.605. The molecule has 0 aromatic heterocycles. The molecule has 0 bridgehead atoms. The Balaban J connectivity index is 0.000000701. The number of hydrogen-bond acceptors (Lipinski definition) is 5. The van der Waals surface area contributed by atoms with Crippen LogP contribution < -0.4 is 5.32 Å². The Kier molecular flexibility index (Phi) is 6.96. The van der Waals surface area contributed by atoms with E-state index in [9.17, 15) is 4.39 Å². The molecule has 1 unspecified atom stereocenters. The van der Waals surface area contributed by atoms with E-state index in [-0.39, 0.29) is 11.1 Å². The molecule has 0 saturated carbocycles. The third-order valence-corrected chi connectivity index (χ3v) is 4.25. The summed E-state index contributed by atoms with van der Waals surface area (Å²) in [7, 11) is 0. The lowest BCUT2D eigenvalue weighted by atomic mass is 10.0. The van der Waals surface area contributed by atoms with E-state index < -0.39 is 5.82 Å². The lowest BCUT2D eigenvalue weighted by molar-refractivity contribution is 0.255. The van der Waals surface area contributed by atoms with Gasteiger partial charge in [-0.3, -0.25) is 0 Å². The van der Waals surface area contributed by atoms with Crippen molar-refractivity contribution in [2.45, 2.75) is 26.8 Å². The number of hydrogen-bond donors (Lipinski definition) is 1. The second-order valence-corrected chi connectivity index (χ2v) is 6.15. The Morgan fingerprint density at radius 3 is 2.60 bits per heavy atom. The third kappa shape index (κ3) is 4.19. The molecule has 1 aromatic rings. The molecule has 136 valence electrons. The van der Waals surface area contributed by atoms with Gasteiger partial charge in [0, 0.05) is 38.0 Å². The van der Waals surface area contributed by atoms with Gasteiger partial charge in [0.2, 0.25) is 5.96 Å². The van der Waals surface area contributed by atoms with Gasteiger partial charge in [-0.2, -0.15) is 5.10 Å². The highest BCUT2D eigenvalue weighted by Crippen LogP contribution is 2.39. The zero-order valence-electron chi connectivity index (χ0n) is 15.0. The molecular formula is C18H25ClFN5. The van der Waals surface area contributed by atoms with Gasteiger partial charge in [0.15, 0.2) is 0 Å². The van der Waals surface area contributed by atoms with Crippen LogP contribution >= 0.6 is 11.6 Å². The number of aliphatic imine (C=N–C) groups is 1. The first-order valence-electron chi connectivity index (χ1n) is 8.42. The van der Waals surface area contributed by atoms with Crippen molar-refractivity contribution < 1.29 is 4.39 Å². The highest BCUT2D eigenvalue weighted by atomic mass is 35.5. The van der Waals surface area contributed by atoms with Crippen molar-refractivity contribution in [3.8, 4) is 0 Å². The van der Waals surface area contributed by atoms with Crippen LogP contribution in [0.4, 0.5) is 10.1 Å². The fourth-order valence-electron chi connectivity index (χ4n) is 2.86. The van der Waals surface area contributed by atoms with E-state index in [0.717, 1.165) is 32.1 Å². The molecule has 0 aliphatic carbocycles. The second-order valence-electron chi connectivity index (χ2n) is 5.75. The lowest BCUT2D eigenvalue weighted by Crippen LogP contribution is -2.52.